The van der Waals surface area contributed by atoms with Gasteiger partial charge in [-0.1, -0.05) is 6.92 Å². The number of piperidine rings is 1. The summed E-state index contributed by atoms with van der Waals surface area (Å²) in [6, 6.07) is 5.74. The summed E-state index contributed by atoms with van der Waals surface area (Å²) in [4.78, 5) is 11.1. The van der Waals surface area contributed by atoms with Gasteiger partial charge in [0.15, 0.2) is 5.82 Å². The molecule has 2 fully saturated rings. The van der Waals surface area contributed by atoms with Crippen LogP contribution >= 0.6 is 0 Å². The zero-order valence-electron chi connectivity index (χ0n) is 23.2. The number of nitrogens with two attached hydrogens (primary N) is 1. The predicted molar refractivity (Wildman–Crippen MR) is 147 cm³/mol. The van der Waals surface area contributed by atoms with Crippen LogP contribution in [-0.2, 0) is 4.74 Å². The Hall–Kier alpha value is -3.32. The smallest absolute Gasteiger partial charge is 0.240 e. The van der Waals surface area contributed by atoms with Gasteiger partial charge in [-0.15, -0.1) is 5.10 Å². The highest BCUT2D eigenvalue weighted by Crippen LogP contribution is 2.31. The molecule has 2 aliphatic heterocycles. The quantitative estimate of drug-likeness (QED) is 0.414. The van der Waals surface area contributed by atoms with Crippen molar-refractivity contribution in [2.24, 2.45) is 10.2 Å². The van der Waals surface area contributed by atoms with E-state index in [4.69, 9.17) is 10.5 Å². The summed E-state index contributed by atoms with van der Waals surface area (Å²) < 4.78 is 41.4. The first kappa shape index (κ1) is 30.2. The number of azo groups is 1. The SMILES string of the molecule is CC1(N2CCC[C@@H](F)C2)COC1.CCC(F)F.CN=Nc1ccc(-c2ccn3nc(N)nc(NC)c23)nc1C. The first-order valence-corrected chi connectivity index (χ1v) is 13.0. The first-order valence-electron chi connectivity index (χ1n) is 13.0. The van der Waals surface area contributed by atoms with Crippen LogP contribution in [0.5, 0.6) is 0 Å². The van der Waals surface area contributed by atoms with E-state index in [2.05, 4.69) is 42.4 Å². The van der Waals surface area contributed by atoms with Crippen LogP contribution < -0.4 is 11.1 Å². The lowest BCUT2D eigenvalue weighted by molar-refractivity contribution is -0.141. The number of nitrogens with zero attached hydrogens (tertiary/aromatic N) is 7. The lowest BCUT2D eigenvalue weighted by Gasteiger charge is -2.49. The maximum absolute atomic E-state index is 13.0. The molecule has 5 heterocycles. The Labute approximate surface area is 226 Å². The third-order valence-electron chi connectivity index (χ3n) is 6.57. The van der Waals surface area contributed by atoms with Crippen molar-refractivity contribution >= 4 is 23.0 Å². The highest BCUT2D eigenvalue weighted by Gasteiger charge is 2.41. The van der Waals surface area contributed by atoms with Crippen LogP contribution in [0.3, 0.4) is 0 Å². The van der Waals surface area contributed by atoms with Gasteiger partial charge in [-0.25, -0.2) is 17.7 Å². The van der Waals surface area contributed by atoms with E-state index in [1.807, 2.05) is 31.3 Å². The second-order valence-electron chi connectivity index (χ2n) is 9.67. The number of rotatable bonds is 5. The number of hydrogen-bond donors (Lipinski definition) is 2. The fourth-order valence-electron chi connectivity index (χ4n) is 4.34. The molecule has 10 nitrogen and oxygen atoms in total. The van der Waals surface area contributed by atoms with Gasteiger partial charge in [0.1, 0.15) is 17.4 Å². The molecule has 13 heteroatoms. The Kier molecular flexibility index (Phi) is 10.6. The number of likely N-dealkylation sites (tertiary alicyclic amines) is 1. The minimum Gasteiger partial charge on any atom is -0.377 e. The number of fused-ring (bicyclic) bond motifs is 1. The van der Waals surface area contributed by atoms with Gasteiger partial charge >= 0.3 is 0 Å². The normalized spacial score (nSPS) is 18.7. The molecular weight excluding hydrogens is 511 g/mol. The van der Waals surface area contributed by atoms with Gasteiger partial charge in [0.05, 0.1) is 30.1 Å². The van der Waals surface area contributed by atoms with E-state index in [9.17, 15) is 13.2 Å². The number of ether oxygens (including phenoxy) is 1. The minimum atomic E-state index is -2.12. The van der Waals surface area contributed by atoms with Gasteiger partial charge in [0.2, 0.25) is 12.4 Å². The Balaban J connectivity index is 0.000000206. The molecule has 0 bridgehead atoms. The Morgan fingerprint density at radius 3 is 2.51 bits per heavy atom. The van der Waals surface area contributed by atoms with E-state index in [1.165, 1.54) is 6.92 Å². The van der Waals surface area contributed by atoms with Crippen molar-refractivity contribution in [1.29, 1.82) is 0 Å². The molecule has 0 aromatic carbocycles. The topological polar surface area (TPSA) is 118 Å². The molecule has 5 rings (SSSR count). The van der Waals surface area contributed by atoms with Crippen molar-refractivity contribution in [1.82, 2.24) is 24.5 Å². The number of aromatic nitrogens is 4. The summed E-state index contributed by atoms with van der Waals surface area (Å²) in [5.41, 5.74) is 9.98. The monoisotopic (exact) mass is 549 g/mol. The molecule has 3 N–H and O–H groups in total. The van der Waals surface area contributed by atoms with Crippen LogP contribution in [0.4, 0.5) is 30.6 Å². The Morgan fingerprint density at radius 1 is 1.26 bits per heavy atom. The van der Waals surface area contributed by atoms with Crippen molar-refractivity contribution in [2.75, 3.05) is 51.4 Å². The van der Waals surface area contributed by atoms with Gasteiger partial charge < -0.3 is 15.8 Å². The molecule has 214 valence electrons. The Morgan fingerprint density at radius 2 is 1.97 bits per heavy atom. The van der Waals surface area contributed by atoms with Gasteiger partial charge in [0.25, 0.3) is 0 Å². The van der Waals surface area contributed by atoms with Crippen molar-refractivity contribution in [3.05, 3.63) is 30.1 Å². The lowest BCUT2D eigenvalue weighted by Crippen LogP contribution is -2.62. The number of nitrogen functional groups attached to an aromatic ring is 1. The third kappa shape index (κ3) is 7.63. The fraction of sp³-hybridized carbons (Fsp3) is 0.577. The van der Waals surface area contributed by atoms with Crippen molar-refractivity contribution in [3.8, 4) is 11.3 Å². The molecule has 2 aliphatic rings. The molecule has 0 radical (unpaired) electrons. The van der Waals surface area contributed by atoms with Crippen molar-refractivity contribution in [3.63, 3.8) is 0 Å². The third-order valence-corrected chi connectivity index (χ3v) is 6.57. The molecule has 2 saturated heterocycles. The number of halogens is 3. The average molecular weight is 550 g/mol. The van der Waals surface area contributed by atoms with Crippen LogP contribution in [0.15, 0.2) is 34.6 Å². The molecule has 0 unspecified atom stereocenters. The van der Waals surface area contributed by atoms with Gasteiger partial charge in [-0.05, 0) is 51.4 Å². The Bertz CT molecular complexity index is 1250. The second-order valence-corrected chi connectivity index (χ2v) is 9.67. The number of hydrogen-bond acceptors (Lipinski definition) is 9. The van der Waals surface area contributed by atoms with E-state index in [0.717, 1.165) is 60.8 Å². The zero-order chi connectivity index (χ0) is 28.6. The summed E-state index contributed by atoms with van der Waals surface area (Å²) in [5.74, 6) is 0.867. The fourth-order valence-corrected chi connectivity index (χ4v) is 4.34. The predicted octanol–water partition coefficient (Wildman–Crippen LogP) is 5.31. The summed E-state index contributed by atoms with van der Waals surface area (Å²) >= 11 is 0. The highest BCUT2D eigenvalue weighted by atomic mass is 19.3. The highest BCUT2D eigenvalue weighted by molar-refractivity contribution is 5.87. The number of aryl methyl sites for hydroxylation is 1. The molecule has 0 spiro atoms. The number of alkyl halides is 3. The number of pyridine rings is 1. The second kappa shape index (κ2) is 13.7. The summed E-state index contributed by atoms with van der Waals surface area (Å²) in [5, 5.41) is 15.0. The van der Waals surface area contributed by atoms with E-state index < -0.39 is 12.6 Å². The standard InChI is InChI=1S/C14H16N8.C9H16FNO.C3H6F2/c1-8-10(20-17-3)4-5-11(18-8)9-6-7-22-12(9)13(16-2)19-14(15)21-22;1-9(6-12-7-9)11-4-2-3-8(10)5-11;1-2-3(4)5/h4-7H,1-3H3,(H3,15,16,19,21);8H,2-7H2,1H3;3H,2H2,1H3/t;8-;/m.1./s1. The summed E-state index contributed by atoms with van der Waals surface area (Å²) in [6.45, 7) is 8.72. The summed E-state index contributed by atoms with van der Waals surface area (Å²) in [7, 11) is 3.43. The summed E-state index contributed by atoms with van der Waals surface area (Å²) in [6.07, 6.45) is 0.816. The van der Waals surface area contributed by atoms with Gasteiger partial charge in [-0.3, -0.25) is 9.88 Å². The number of nitrogens with one attached hydrogen (secondary N) is 1. The largest absolute Gasteiger partial charge is 0.377 e. The molecular formula is C26H38F3N9O. The lowest BCUT2D eigenvalue weighted by atomic mass is 9.94. The molecule has 0 aliphatic carbocycles. The minimum absolute atomic E-state index is 0.0278. The van der Waals surface area contributed by atoms with Crippen LogP contribution in [0.25, 0.3) is 16.8 Å². The molecule has 0 amide bonds. The van der Waals surface area contributed by atoms with E-state index in [0.29, 0.717) is 12.4 Å². The van der Waals surface area contributed by atoms with Gasteiger partial charge in [-0.2, -0.15) is 15.2 Å². The van der Waals surface area contributed by atoms with E-state index >= 15 is 0 Å². The van der Waals surface area contributed by atoms with Crippen molar-refractivity contribution in [2.45, 2.75) is 58.2 Å². The first-order chi connectivity index (χ1) is 18.6. The van der Waals surface area contributed by atoms with Gasteiger partial charge in [0, 0.05) is 38.8 Å². The molecule has 3 aromatic heterocycles. The molecule has 39 heavy (non-hydrogen) atoms. The molecule has 3 aromatic rings. The molecule has 1 atom stereocenters. The molecule has 0 saturated carbocycles. The van der Waals surface area contributed by atoms with Crippen LogP contribution in [-0.4, -0.2) is 83.0 Å². The average Bonchev–Trinajstić information content (AvgIpc) is 3.32. The van der Waals surface area contributed by atoms with Crippen LogP contribution in [0.2, 0.25) is 0 Å². The maximum atomic E-state index is 13.0. The maximum Gasteiger partial charge on any atom is 0.240 e. The van der Waals surface area contributed by atoms with Crippen molar-refractivity contribution < 1.29 is 17.9 Å². The van der Waals surface area contributed by atoms with E-state index in [-0.39, 0.29) is 17.9 Å². The van der Waals surface area contributed by atoms with E-state index in [1.54, 1.807) is 18.6 Å². The zero-order valence-corrected chi connectivity index (χ0v) is 23.2. The van der Waals surface area contributed by atoms with Crippen LogP contribution in [0, 0.1) is 6.92 Å². The van der Waals surface area contributed by atoms with Crippen LogP contribution in [0.1, 0.15) is 38.8 Å². The number of anilines is 2.